The van der Waals surface area contributed by atoms with Gasteiger partial charge in [-0.05, 0) is 31.2 Å². The van der Waals surface area contributed by atoms with Crippen molar-refractivity contribution < 1.29 is 27.1 Å². The Morgan fingerprint density at radius 3 is 2.65 bits per heavy atom. The lowest BCUT2D eigenvalue weighted by Crippen LogP contribution is -2.42. The molecule has 2 rings (SSSR count). The number of rotatable bonds is 5. The van der Waals surface area contributed by atoms with E-state index in [2.05, 4.69) is 0 Å². The van der Waals surface area contributed by atoms with Crippen LogP contribution in [-0.4, -0.2) is 55.2 Å². The number of ether oxygens (including phenoxy) is 1. The molecule has 8 heteroatoms. The Balaban J connectivity index is 2.00. The van der Waals surface area contributed by atoms with E-state index in [1.807, 2.05) is 0 Å². The van der Waals surface area contributed by atoms with Crippen molar-refractivity contribution in [1.82, 2.24) is 9.80 Å². The number of carbonyl (C=O) groups is 1. The van der Waals surface area contributed by atoms with Crippen LogP contribution in [0.1, 0.15) is 12.0 Å². The number of alkyl halides is 3. The van der Waals surface area contributed by atoms with Crippen molar-refractivity contribution in [3.63, 3.8) is 0 Å². The average Bonchev–Trinajstić information content (AvgIpc) is 2.78. The lowest BCUT2D eigenvalue weighted by atomic mass is 10.1. The summed E-state index contributed by atoms with van der Waals surface area (Å²) in [5.41, 5.74) is 0.618. The SMILES string of the molecule is COc1ccc(CN(C)[C@H]2CCN(CC(F)(F)F)C2=O)cc1F. The fraction of sp³-hybridized carbons (Fsp3) is 0.533. The van der Waals surface area contributed by atoms with Crippen LogP contribution in [0.25, 0.3) is 0 Å². The summed E-state index contributed by atoms with van der Waals surface area (Å²) in [4.78, 5) is 14.5. The number of halogens is 4. The van der Waals surface area contributed by atoms with Crippen LogP contribution in [0.15, 0.2) is 18.2 Å². The second-order valence-corrected chi connectivity index (χ2v) is 5.56. The molecule has 0 bridgehead atoms. The summed E-state index contributed by atoms with van der Waals surface area (Å²) in [7, 11) is 3.00. The second kappa shape index (κ2) is 6.74. The van der Waals surface area contributed by atoms with E-state index in [1.165, 1.54) is 19.2 Å². The van der Waals surface area contributed by atoms with Crippen LogP contribution >= 0.6 is 0 Å². The van der Waals surface area contributed by atoms with E-state index in [4.69, 9.17) is 4.74 Å². The molecule has 1 fully saturated rings. The molecule has 1 aliphatic rings. The summed E-state index contributed by atoms with van der Waals surface area (Å²) in [6.07, 6.45) is -4.08. The van der Waals surface area contributed by atoms with Crippen molar-refractivity contribution >= 4 is 5.91 Å². The number of hydrogen-bond donors (Lipinski definition) is 0. The molecule has 23 heavy (non-hydrogen) atoms. The molecule has 1 heterocycles. The summed E-state index contributed by atoms with van der Waals surface area (Å²) < 4.78 is 55.7. The van der Waals surface area contributed by atoms with Gasteiger partial charge < -0.3 is 9.64 Å². The van der Waals surface area contributed by atoms with Gasteiger partial charge in [0.2, 0.25) is 5.91 Å². The molecule has 0 radical (unpaired) electrons. The van der Waals surface area contributed by atoms with Gasteiger partial charge in [0.15, 0.2) is 11.6 Å². The largest absolute Gasteiger partial charge is 0.494 e. The topological polar surface area (TPSA) is 32.8 Å². The van der Waals surface area contributed by atoms with E-state index < -0.39 is 30.5 Å². The summed E-state index contributed by atoms with van der Waals surface area (Å²) in [5.74, 6) is -0.946. The first kappa shape index (κ1) is 17.5. The van der Waals surface area contributed by atoms with Gasteiger partial charge in [0.1, 0.15) is 6.54 Å². The van der Waals surface area contributed by atoms with Crippen LogP contribution in [0.5, 0.6) is 5.75 Å². The van der Waals surface area contributed by atoms with Gasteiger partial charge >= 0.3 is 6.18 Å². The minimum atomic E-state index is -4.40. The summed E-state index contributed by atoms with van der Waals surface area (Å²) in [5, 5.41) is 0. The zero-order valence-corrected chi connectivity index (χ0v) is 12.9. The van der Waals surface area contributed by atoms with Gasteiger partial charge in [0.05, 0.1) is 13.2 Å². The van der Waals surface area contributed by atoms with Gasteiger partial charge in [-0.3, -0.25) is 9.69 Å². The van der Waals surface area contributed by atoms with Crippen molar-refractivity contribution in [1.29, 1.82) is 0 Å². The first-order valence-electron chi connectivity index (χ1n) is 7.09. The predicted molar refractivity (Wildman–Crippen MR) is 75.5 cm³/mol. The van der Waals surface area contributed by atoms with Gasteiger partial charge in [-0.2, -0.15) is 13.2 Å². The molecule has 1 aromatic carbocycles. The Kier molecular flexibility index (Phi) is 5.13. The Morgan fingerprint density at radius 2 is 2.09 bits per heavy atom. The monoisotopic (exact) mass is 334 g/mol. The number of likely N-dealkylation sites (N-methyl/N-ethyl adjacent to an activating group) is 1. The lowest BCUT2D eigenvalue weighted by Gasteiger charge is -2.24. The van der Waals surface area contributed by atoms with Gasteiger partial charge in [0.25, 0.3) is 0 Å². The number of hydrogen-bond acceptors (Lipinski definition) is 3. The molecule has 4 nitrogen and oxygen atoms in total. The van der Waals surface area contributed by atoms with E-state index in [-0.39, 0.29) is 18.8 Å². The number of likely N-dealkylation sites (tertiary alicyclic amines) is 1. The molecule has 0 aromatic heterocycles. The van der Waals surface area contributed by atoms with Gasteiger partial charge in [-0.15, -0.1) is 0 Å². The van der Waals surface area contributed by atoms with Gasteiger partial charge in [0, 0.05) is 13.1 Å². The smallest absolute Gasteiger partial charge is 0.406 e. The van der Waals surface area contributed by atoms with Crippen LogP contribution in [0.3, 0.4) is 0 Å². The molecule has 1 aromatic rings. The Hall–Kier alpha value is -1.83. The standard InChI is InChI=1S/C15H18F4N2O2/c1-20(8-10-3-4-13(23-2)11(16)7-10)12-5-6-21(14(12)22)9-15(17,18)19/h3-4,7,12H,5-6,8-9H2,1-2H3/t12-/m0/s1. The van der Waals surface area contributed by atoms with Crippen molar-refractivity contribution in [2.24, 2.45) is 0 Å². The lowest BCUT2D eigenvalue weighted by molar-refractivity contribution is -0.159. The molecule has 0 unspecified atom stereocenters. The molecule has 1 saturated heterocycles. The van der Waals surface area contributed by atoms with Crippen molar-refractivity contribution in [2.45, 2.75) is 25.2 Å². The molecule has 1 amide bonds. The van der Waals surface area contributed by atoms with E-state index in [9.17, 15) is 22.4 Å². The highest BCUT2D eigenvalue weighted by molar-refractivity contribution is 5.84. The Labute approximate surface area is 131 Å². The molecule has 128 valence electrons. The van der Waals surface area contributed by atoms with Gasteiger partial charge in [-0.1, -0.05) is 6.07 Å². The van der Waals surface area contributed by atoms with E-state index in [0.29, 0.717) is 12.0 Å². The number of benzene rings is 1. The predicted octanol–water partition coefficient (Wildman–Crippen LogP) is 2.43. The quantitative estimate of drug-likeness (QED) is 0.776. The molecule has 0 aliphatic carbocycles. The highest BCUT2D eigenvalue weighted by Crippen LogP contribution is 2.24. The third kappa shape index (κ3) is 4.34. The van der Waals surface area contributed by atoms with Crippen molar-refractivity contribution in [2.75, 3.05) is 27.2 Å². The van der Waals surface area contributed by atoms with E-state index in [1.54, 1.807) is 18.0 Å². The minimum Gasteiger partial charge on any atom is -0.494 e. The number of nitrogens with zero attached hydrogens (tertiary/aromatic N) is 2. The first-order chi connectivity index (χ1) is 10.7. The molecule has 1 aliphatic heterocycles. The molecule has 0 saturated carbocycles. The second-order valence-electron chi connectivity index (χ2n) is 5.56. The average molecular weight is 334 g/mol. The van der Waals surface area contributed by atoms with Crippen LogP contribution in [0, 0.1) is 5.82 Å². The molecule has 0 N–H and O–H groups in total. The molecular formula is C15H18F4N2O2. The minimum absolute atomic E-state index is 0.0737. The third-order valence-electron chi connectivity index (χ3n) is 3.82. The van der Waals surface area contributed by atoms with Crippen LogP contribution in [0.4, 0.5) is 17.6 Å². The van der Waals surface area contributed by atoms with Crippen LogP contribution in [-0.2, 0) is 11.3 Å². The highest BCUT2D eigenvalue weighted by Gasteiger charge is 2.40. The maximum atomic E-state index is 13.7. The molecule has 0 spiro atoms. The normalized spacial score (nSPS) is 18.8. The summed E-state index contributed by atoms with van der Waals surface area (Å²) >= 11 is 0. The van der Waals surface area contributed by atoms with Crippen molar-refractivity contribution in [3.8, 4) is 5.75 Å². The third-order valence-corrected chi connectivity index (χ3v) is 3.82. The maximum Gasteiger partial charge on any atom is 0.406 e. The van der Waals surface area contributed by atoms with E-state index >= 15 is 0 Å². The van der Waals surface area contributed by atoms with Crippen LogP contribution < -0.4 is 4.74 Å². The fourth-order valence-corrected chi connectivity index (χ4v) is 2.71. The maximum absolute atomic E-state index is 13.7. The van der Waals surface area contributed by atoms with E-state index in [0.717, 1.165) is 4.90 Å². The molecule has 1 atom stereocenters. The van der Waals surface area contributed by atoms with Crippen LogP contribution in [0.2, 0.25) is 0 Å². The number of methoxy groups -OCH3 is 1. The number of amides is 1. The summed E-state index contributed by atoms with van der Waals surface area (Å²) in [6, 6.07) is 3.81. The van der Waals surface area contributed by atoms with Crippen molar-refractivity contribution in [3.05, 3.63) is 29.6 Å². The number of carbonyl (C=O) groups excluding carboxylic acids is 1. The summed E-state index contributed by atoms with van der Waals surface area (Å²) in [6.45, 7) is -0.894. The Morgan fingerprint density at radius 1 is 1.39 bits per heavy atom. The zero-order valence-electron chi connectivity index (χ0n) is 12.9. The molecular weight excluding hydrogens is 316 g/mol. The first-order valence-corrected chi connectivity index (χ1v) is 7.09. The highest BCUT2D eigenvalue weighted by atomic mass is 19.4. The zero-order chi connectivity index (χ0) is 17.2. The fourth-order valence-electron chi connectivity index (χ4n) is 2.71. The Bertz CT molecular complexity index is 577. The van der Waals surface area contributed by atoms with Gasteiger partial charge in [-0.25, -0.2) is 4.39 Å².